The van der Waals surface area contributed by atoms with Gasteiger partial charge in [0.25, 0.3) is 0 Å². The first-order chi connectivity index (χ1) is 12.7. The molecule has 4 atom stereocenters. The lowest BCUT2D eigenvalue weighted by Crippen LogP contribution is -2.47. The van der Waals surface area contributed by atoms with E-state index in [1.807, 2.05) is 41.0 Å². The molecule has 0 aliphatic carbocycles. The van der Waals surface area contributed by atoms with Gasteiger partial charge in [0.05, 0.1) is 11.6 Å². The molecule has 0 unspecified atom stereocenters. The minimum Gasteiger partial charge on any atom is -0.390 e. The van der Waals surface area contributed by atoms with Crippen LogP contribution < -0.4 is 0 Å². The average molecular weight is 350 g/mol. The molecule has 0 spiro atoms. The molecule has 1 aliphatic rings. The number of hydrogen-bond donors (Lipinski definition) is 3. The number of nitrogens with one attached hydrogen (secondary N) is 1. The second-order valence-corrected chi connectivity index (χ2v) is 6.76. The molecule has 5 nitrogen and oxygen atoms in total. The van der Waals surface area contributed by atoms with Gasteiger partial charge in [0.1, 0.15) is 18.4 Å². The van der Waals surface area contributed by atoms with Gasteiger partial charge in [0.15, 0.2) is 0 Å². The summed E-state index contributed by atoms with van der Waals surface area (Å²) >= 11 is 0. The zero-order chi connectivity index (χ0) is 18.1. The van der Waals surface area contributed by atoms with E-state index in [0.29, 0.717) is 0 Å². The summed E-state index contributed by atoms with van der Waals surface area (Å²) in [5, 5.41) is 28.8. The van der Waals surface area contributed by atoms with Crippen molar-refractivity contribution in [3.63, 3.8) is 0 Å². The van der Waals surface area contributed by atoms with Gasteiger partial charge in [-0.05, 0) is 23.6 Å². The summed E-state index contributed by atoms with van der Waals surface area (Å²) < 4.78 is 7.90. The third-order valence-corrected chi connectivity index (χ3v) is 5.02. The van der Waals surface area contributed by atoms with Gasteiger partial charge in [-0.25, -0.2) is 0 Å². The number of aromatic nitrogens is 1. The van der Waals surface area contributed by atoms with Crippen molar-refractivity contribution in [3.8, 4) is 0 Å². The van der Waals surface area contributed by atoms with Crippen LogP contribution in [0.4, 0.5) is 0 Å². The van der Waals surface area contributed by atoms with Crippen molar-refractivity contribution in [2.45, 2.75) is 37.4 Å². The summed E-state index contributed by atoms with van der Waals surface area (Å²) in [5.74, 6) is 0. The fourth-order valence-electron chi connectivity index (χ4n) is 3.67. The number of aliphatic hydroxyl groups excluding tert-OH is 2. The van der Waals surface area contributed by atoms with Gasteiger partial charge >= 0.3 is 0 Å². The SMILES string of the molecule is N=C[C@H]1O[C@@H](n2cc(Cc3ccccc3)c3ccccc32)C[C@@H](O)[C@@H]1O. The first-order valence-corrected chi connectivity index (χ1v) is 8.82. The molecule has 5 heteroatoms. The van der Waals surface area contributed by atoms with Crippen molar-refractivity contribution in [2.75, 3.05) is 0 Å². The van der Waals surface area contributed by atoms with Crippen LogP contribution in [-0.4, -0.2) is 39.3 Å². The highest BCUT2D eigenvalue weighted by atomic mass is 16.5. The van der Waals surface area contributed by atoms with Gasteiger partial charge in [-0.2, -0.15) is 0 Å². The molecular formula is C21H22N2O3. The van der Waals surface area contributed by atoms with Crippen molar-refractivity contribution in [3.05, 3.63) is 71.9 Å². The summed E-state index contributed by atoms with van der Waals surface area (Å²) in [6.45, 7) is 0. The molecule has 0 amide bonds. The topological polar surface area (TPSA) is 78.5 Å². The third-order valence-electron chi connectivity index (χ3n) is 5.02. The van der Waals surface area contributed by atoms with Crippen LogP contribution in [0.15, 0.2) is 60.8 Å². The van der Waals surface area contributed by atoms with Crippen LogP contribution >= 0.6 is 0 Å². The molecule has 134 valence electrons. The standard InChI is InChI=1S/C21H22N2O3/c22-12-19-21(25)18(24)11-20(26-19)23-13-15(10-14-6-2-1-3-7-14)16-8-4-5-9-17(16)23/h1-9,12-13,18-22,24-25H,10-11H2/t18-,19-,20-,21+/m1/s1. The van der Waals surface area contributed by atoms with E-state index >= 15 is 0 Å². The van der Waals surface area contributed by atoms with Crippen LogP contribution in [0.3, 0.4) is 0 Å². The van der Waals surface area contributed by atoms with E-state index in [2.05, 4.69) is 24.4 Å². The Bertz CT molecular complexity index is 906. The smallest absolute Gasteiger partial charge is 0.137 e. The Balaban J connectivity index is 1.73. The maximum absolute atomic E-state index is 10.2. The Hall–Kier alpha value is -2.47. The maximum Gasteiger partial charge on any atom is 0.137 e. The fraction of sp³-hybridized carbons (Fsp3) is 0.286. The first kappa shape index (κ1) is 17.0. The lowest BCUT2D eigenvalue weighted by atomic mass is 10.0. The third kappa shape index (κ3) is 3.05. The zero-order valence-electron chi connectivity index (χ0n) is 14.3. The van der Waals surface area contributed by atoms with Crippen LogP contribution in [0, 0.1) is 5.41 Å². The molecular weight excluding hydrogens is 328 g/mol. The van der Waals surface area contributed by atoms with E-state index in [1.165, 1.54) is 11.1 Å². The second kappa shape index (κ2) is 7.03. The number of rotatable bonds is 4. The molecule has 2 aromatic carbocycles. The van der Waals surface area contributed by atoms with Crippen LogP contribution in [0.5, 0.6) is 0 Å². The molecule has 3 aromatic rings. The maximum atomic E-state index is 10.2. The summed E-state index contributed by atoms with van der Waals surface area (Å²) in [5.41, 5.74) is 3.44. The Morgan fingerprint density at radius 1 is 1.08 bits per heavy atom. The molecule has 0 radical (unpaired) electrons. The van der Waals surface area contributed by atoms with Crippen molar-refractivity contribution >= 4 is 17.1 Å². The number of aliphatic hydroxyl groups is 2. The Labute approximate surface area is 152 Å². The van der Waals surface area contributed by atoms with E-state index in [-0.39, 0.29) is 6.42 Å². The highest BCUT2D eigenvalue weighted by Gasteiger charge is 2.36. The Morgan fingerprint density at radius 3 is 2.58 bits per heavy atom. The van der Waals surface area contributed by atoms with Crippen molar-refractivity contribution < 1.29 is 14.9 Å². The number of para-hydroxylation sites is 1. The number of ether oxygens (including phenoxy) is 1. The Morgan fingerprint density at radius 2 is 1.81 bits per heavy atom. The van der Waals surface area contributed by atoms with Crippen LogP contribution in [0.1, 0.15) is 23.8 Å². The predicted molar refractivity (Wildman–Crippen MR) is 101 cm³/mol. The van der Waals surface area contributed by atoms with Gasteiger partial charge in [-0.15, -0.1) is 0 Å². The Kier molecular flexibility index (Phi) is 4.59. The minimum atomic E-state index is -1.06. The van der Waals surface area contributed by atoms with Crippen LogP contribution in [0.25, 0.3) is 10.9 Å². The molecule has 1 aliphatic heterocycles. The average Bonchev–Trinajstić information content (AvgIpc) is 3.03. The van der Waals surface area contributed by atoms with E-state index in [0.717, 1.165) is 23.5 Å². The summed E-state index contributed by atoms with van der Waals surface area (Å²) in [4.78, 5) is 0. The lowest BCUT2D eigenvalue weighted by molar-refractivity contribution is -0.165. The molecule has 0 bridgehead atoms. The van der Waals surface area contributed by atoms with Gasteiger partial charge in [0, 0.05) is 24.2 Å². The molecule has 2 heterocycles. The van der Waals surface area contributed by atoms with Gasteiger partial charge in [-0.3, -0.25) is 0 Å². The number of benzene rings is 2. The molecule has 3 N–H and O–H groups in total. The highest BCUT2D eigenvalue weighted by Crippen LogP contribution is 2.33. The minimum absolute atomic E-state index is 0.287. The van der Waals surface area contributed by atoms with Crippen LogP contribution in [0.2, 0.25) is 0 Å². The van der Waals surface area contributed by atoms with Crippen molar-refractivity contribution in [2.24, 2.45) is 0 Å². The monoisotopic (exact) mass is 350 g/mol. The quantitative estimate of drug-likeness (QED) is 0.633. The second-order valence-electron chi connectivity index (χ2n) is 6.76. The molecule has 1 aromatic heterocycles. The molecule has 0 saturated carbocycles. The summed E-state index contributed by atoms with van der Waals surface area (Å²) in [6.07, 6.45) is 1.00. The van der Waals surface area contributed by atoms with E-state index in [9.17, 15) is 10.2 Å². The molecule has 26 heavy (non-hydrogen) atoms. The van der Waals surface area contributed by atoms with Gasteiger partial charge < -0.3 is 24.9 Å². The molecule has 4 rings (SSSR count). The normalized spacial score (nSPS) is 26.1. The largest absolute Gasteiger partial charge is 0.390 e. The van der Waals surface area contributed by atoms with E-state index in [4.69, 9.17) is 10.1 Å². The summed E-state index contributed by atoms with van der Waals surface area (Å²) in [6, 6.07) is 18.4. The summed E-state index contributed by atoms with van der Waals surface area (Å²) in [7, 11) is 0. The molecule has 1 saturated heterocycles. The number of fused-ring (bicyclic) bond motifs is 1. The highest BCUT2D eigenvalue weighted by molar-refractivity contribution is 5.84. The van der Waals surface area contributed by atoms with Crippen LogP contribution in [-0.2, 0) is 11.2 Å². The fourth-order valence-corrected chi connectivity index (χ4v) is 3.67. The first-order valence-electron chi connectivity index (χ1n) is 8.82. The van der Waals surface area contributed by atoms with Gasteiger partial charge in [0.2, 0.25) is 0 Å². The van der Waals surface area contributed by atoms with Gasteiger partial charge in [-0.1, -0.05) is 48.5 Å². The molecule has 1 fully saturated rings. The van der Waals surface area contributed by atoms with Crippen molar-refractivity contribution in [1.29, 1.82) is 5.41 Å². The lowest BCUT2D eigenvalue weighted by Gasteiger charge is -2.36. The van der Waals surface area contributed by atoms with E-state index in [1.54, 1.807) is 0 Å². The number of nitrogens with zero attached hydrogens (tertiary/aromatic N) is 1. The zero-order valence-corrected chi connectivity index (χ0v) is 14.3. The number of hydrogen-bond acceptors (Lipinski definition) is 4. The van der Waals surface area contributed by atoms with Crippen molar-refractivity contribution in [1.82, 2.24) is 4.57 Å². The van der Waals surface area contributed by atoms with E-state index < -0.39 is 24.5 Å². The predicted octanol–water partition coefficient (Wildman–Crippen LogP) is 2.89.